The highest BCUT2D eigenvalue weighted by Gasteiger charge is 2.30. The van der Waals surface area contributed by atoms with E-state index in [-0.39, 0.29) is 22.9 Å². The van der Waals surface area contributed by atoms with E-state index in [9.17, 15) is 9.59 Å². The Bertz CT molecular complexity index is 1430. The van der Waals surface area contributed by atoms with Gasteiger partial charge in [-0.25, -0.2) is 9.67 Å². The Morgan fingerprint density at radius 3 is 2.36 bits per heavy atom. The zero-order valence-corrected chi connectivity index (χ0v) is 20.5. The number of fused-ring (bicyclic) bond motifs is 1. The van der Waals surface area contributed by atoms with Gasteiger partial charge in [-0.1, -0.05) is 41.1 Å². The number of amides is 1. The molecular weight excluding hydrogens is 460 g/mol. The van der Waals surface area contributed by atoms with Gasteiger partial charge < -0.3 is 19.4 Å². The Morgan fingerprint density at radius 1 is 1.06 bits per heavy atom. The number of methoxy groups -OCH3 is 2. The molecule has 5 rings (SSSR count). The van der Waals surface area contributed by atoms with Crippen molar-refractivity contribution in [3.8, 4) is 11.5 Å². The van der Waals surface area contributed by atoms with E-state index in [4.69, 9.17) is 14.5 Å². The summed E-state index contributed by atoms with van der Waals surface area (Å²) in [4.78, 5) is 35.5. The molecule has 1 N–H and O–H groups in total. The molecule has 0 spiro atoms. The number of hydrogen-bond donors (Lipinski definition) is 1. The second kappa shape index (κ2) is 9.80. The van der Waals surface area contributed by atoms with Gasteiger partial charge in [0.15, 0.2) is 11.2 Å². The van der Waals surface area contributed by atoms with Crippen LogP contribution in [0.5, 0.6) is 11.5 Å². The highest BCUT2D eigenvalue weighted by molar-refractivity contribution is 5.99. The fourth-order valence-electron chi connectivity index (χ4n) is 4.63. The Kier molecular flexibility index (Phi) is 6.41. The van der Waals surface area contributed by atoms with E-state index in [1.165, 1.54) is 19.8 Å². The number of aromatic amines is 1. The number of rotatable bonds is 6. The van der Waals surface area contributed by atoms with Gasteiger partial charge in [0.25, 0.3) is 11.5 Å². The smallest absolute Gasteiger partial charge is 0.281 e. The molecule has 1 aliphatic rings. The molecule has 186 valence electrons. The fraction of sp³-hybridized carbons (Fsp3) is 0.346. The summed E-state index contributed by atoms with van der Waals surface area (Å²) in [6, 6.07) is 13.4. The average molecular weight is 489 g/mol. The summed E-state index contributed by atoms with van der Waals surface area (Å²) in [5.41, 5.74) is 3.03. The van der Waals surface area contributed by atoms with Crippen LogP contribution in [0.25, 0.3) is 11.2 Å². The van der Waals surface area contributed by atoms with E-state index in [0.29, 0.717) is 61.0 Å². The van der Waals surface area contributed by atoms with E-state index < -0.39 is 0 Å². The number of hydrogen-bond acceptors (Lipinski definition) is 7. The zero-order chi connectivity index (χ0) is 25.2. The minimum Gasteiger partial charge on any atom is -0.496 e. The van der Waals surface area contributed by atoms with Gasteiger partial charge >= 0.3 is 0 Å². The third-order valence-electron chi connectivity index (χ3n) is 6.66. The third kappa shape index (κ3) is 4.41. The van der Waals surface area contributed by atoms with Crippen LogP contribution in [0.2, 0.25) is 0 Å². The lowest BCUT2D eigenvalue weighted by Gasteiger charge is -2.32. The van der Waals surface area contributed by atoms with Crippen LogP contribution >= 0.6 is 0 Å². The topological polar surface area (TPSA) is 115 Å². The van der Waals surface area contributed by atoms with Crippen LogP contribution in [0.1, 0.15) is 46.1 Å². The number of carbonyl (C=O) groups excluding carboxylic acids is 1. The molecule has 0 radical (unpaired) electrons. The number of likely N-dealkylation sites (tertiary alicyclic amines) is 1. The third-order valence-corrected chi connectivity index (χ3v) is 6.66. The molecule has 0 saturated carbocycles. The largest absolute Gasteiger partial charge is 0.496 e. The molecule has 2 aromatic carbocycles. The normalized spacial score (nSPS) is 14.2. The van der Waals surface area contributed by atoms with Crippen molar-refractivity contribution in [1.82, 2.24) is 29.9 Å². The number of nitrogens with one attached hydrogen (secondary N) is 1. The van der Waals surface area contributed by atoms with Crippen LogP contribution < -0.4 is 15.0 Å². The van der Waals surface area contributed by atoms with Crippen molar-refractivity contribution >= 4 is 17.1 Å². The molecule has 0 atom stereocenters. The van der Waals surface area contributed by atoms with Gasteiger partial charge in [-0.2, -0.15) is 0 Å². The lowest BCUT2D eigenvalue weighted by Crippen LogP contribution is -2.38. The first kappa shape index (κ1) is 23.5. The highest BCUT2D eigenvalue weighted by atomic mass is 16.5. The molecule has 1 saturated heterocycles. The number of piperidine rings is 1. The maximum absolute atomic E-state index is 13.3. The van der Waals surface area contributed by atoms with E-state index in [1.54, 1.807) is 27.8 Å². The second-order valence-electron chi connectivity index (χ2n) is 8.96. The highest BCUT2D eigenvalue weighted by Crippen LogP contribution is 2.32. The van der Waals surface area contributed by atoms with Gasteiger partial charge in [-0.3, -0.25) is 9.59 Å². The Balaban J connectivity index is 1.35. The van der Waals surface area contributed by atoms with Gasteiger partial charge in [0.2, 0.25) is 0 Å². The number of aromatic nitrogens is 5. The van der Waals surface area contributed by atoms with Crippen molar-refractivity contribution in [2.24, 2.45) is 0 Å². The minimum absolute atomic E-state index is 0.00781. The van der Waals surface area contributed by atoms with E-state index in [2.05, 4.69) is 15.3 Å². The minimum atomic E-state index is -0.303. The zero-order valence-electron chi connectivity index (χ0n) is 20.5. The Hall–Kier alpha value is -4.21. The second-order valence-corrected chi connectivity index (χ2v) is 8.96. The van der Waals surface area contributed by atoms with Crippen LogP contribution in [0.4, 0.5) is 0 Å². The standard InChI is InChI=1S/C26H28N6O4/c1-16-7-9-17(10-8-16)15-32-24-22(29-30-32)25(33)28-23(27-24)18-11-13-31(14-12-18)26(34)21-19(35-2)5-4-6-20(21)36-3/h4-10,18H,11-15H2,1-3H3,(H,27,28,33). The maximum Gasteiger partial charge on any atom is 0.281 e. The quantitative estimate of drug-likeness (QED) is 0.444. The van der Waals surface area contributed by atoms with Crippen LogP contribution in [0.15, 0.2) is 47.3 Å². The Morgan fingerprint density at radius 2 is 1.72 bits per heavy atom. The molecule has 0 aliphatic carbocycles. The van der Waals surface area contributed by atoms with Crippen molar-refractivity contribution in [3.63, 3.8) is 0 Å². The van der Waals surface area contributed by atoms with Crippen molar-refractivity contribution in [3.05, 3.63) is 75.3 Å². The molecule has 10 heteroatoms. The molecule has 10 nitrogen and oxygen atoms in total. The summed E-state index contributed by atoms with van der Waals surface area (Å²) in [5, 5.41) is 8.22. The average Bonchev–Trinajstić information content (AvgIpc) is 3.32. The first-order valence-electron chi connectivity index (χ1n) is 11.9. The number of benzene rings is 2. The number of H-pyrrole nitrogens is 1. The lowest BCUT2D eigenvalue weighted by atomic mass is 9.95. The van der Waals surface area contributed by atoms with Crippen molar-refractivity contribution < 1.29 is 14.3 Å². The monoisotopic (exact) mass is 488 g/mol. The lowest BCUT2D eigenvalue weighted by molar-refractivity contribution is 0.0704. The first-order valence-corrected chi connectivity index (χ1v) is 11.9. The number of nitrogens with zero attached hydrogens (tertiary/aromatic N) is 5. The van der Waals surface area contributed by atoms with Crippen molar-refractivity contribution in [1.29, 1.82) is 0 Å². The summed E-state index contributed by atoms with van der Waals surface area (Å²) in [6.07, 6.45) is 1.33. The summed E-state index contributed by atoms with van der Waals surface area (Å²) in [5.74, 6) is 1.43. The molecule has 4 aromatic rings. The summed E-state index contributed by atoms with van der Waals surface area (Å²) >= 11 is 0. The van der Waals surface area contributed by atoms with Gasteiger partial charge in [0.1, 0.15) is 22.9 Å². The SMILES string of the molecule is COc1cccc(OC)c1C(=O)N1CCC(c2nc3c(nnn3Cc3ccc(C)cc3)c(=O)[nH]2)CC1. The number of aryl methyl sites for hydroxylation is 1. The van der Waals surface area contributed by atoms with E-state index >= 15 is 0 Å². The van der Waals surface area contributed by atoms with Crippen LogP contribution in [-0.4, -0.2) is 63.1 Å². The van der Waals surface area contributed by atoms with Crippen molar-refractivity contribution in [2.75, 3.05) is 27.3 Å². The first-order chi connectivity index (χ1) is 17.5. The summed E-state index contributed by atoms with van der Waals surface area (Å²) < 4.78 is 12.5. The summed E-state index contributed by atoms with van der Waals surface area (Å²) in [7, 11) is 3.07. The molecule has 1 amide bonds. The van der Waals surface area contributed by atoms with E-state index in [1.807, 2.05) is 31.2 Å². The molecule has 0 bridgehead atoms. The Labute approximate surface area is 207 Å². The summed E-state index contributed by atoms with van der Waals surface area (Å²) in [6.45, 7) is 3.55. The molecule has 0 unspecified atom stereocenters. The number of carbonyl (C=O) groups is 1. The van der Waals surface area contributed by atoms with Gasteiger partial charge in [0.05, 0.1) is 20.8 Å². The molecule has 1 fully saturated rings. The maximum atomic E-state index is 13.3. The molecule has 2 aromatic heterocycles. The van der Waals surface area contributed by atoms with Crippen molar-refractivity contribution in [2.45, 2.75) is 32.2 Å². The van der Waals surface area contributed by atoms with Gasteiger partial charge in [-0.15, -0.1) is 5.10 Å². The predicted molar refractivity (Wildman–Crippen MR) is 134 cm³/mol. The molecule has 3 heterocycles. The van der Waals surface area contributed by atoms with Gasteiger partial charge in [0, 0.05) is 19.0 Å². The fourth-order valence-corrected chi connectivity index (χ4v) is 4.63. The molecular formula is C26H28N6O4. The molecule has 1 aliphatic heterocycles. The number of ether oxygens (including phenoxy) is 2. The van der Waals surface area contributed by atoms with Gasteiger partial charge in [-0.05, 0) is 37.5 Å². The van der Waals surface area contributed by atoms with Crippen LogP contribution in [0.3, 0.4) is 0 Å². The predicted octanol–water partition coefficient (Wildman–Crippen LogP) is 2.91. The van der Waals surface area contributed by atoms with E-state index in [0.717, 1.165) is 5.56 Å². The van der Waals surface area contributed by atoms with Crippen LogP contribution in [0, 0.1) is 6.92 Å². The van der Waals surface area contributed by atoms with Crippen LogP contribution in [-0.2, 0) is 6.54 Å². The molecule has 36 heavy (non-hydrogen) atoms.